The number of benzene rings is 4. The number of esters is 2. The maximum atomic E-state index is 14.9. The van der Waals surface area contributed by atoms with Crippen molar-refractivity contribution in [1.82, 2.24) is 0 Å². The number of carbonyl (C=O) groups excluding carboxylic acids is 4. The van der Waals surface area contributed by atoms with E-state index in [1.165, 1.54) is 13.8 Å². The summed E-state index contributed by atoms with van der Waals surface area (Å²) in [5.41, 5.74) is 2.31. The van der Waals surface area contributed by atoms with Crippen LogP contribution in [0.25, 0.3) is 21.5 Å². The minimum Gasteiger partial charge on any atom is -0.426 e. The van der Waals surface area contributed by atoms with Crippen LogP contribution in [0.15, 0.2) is 60.7 Å². The Bertz CT molecular complexity index is 1990. The van der Waals surface area contributed by atoms with E-state index in [2.05, 4.69) is 0 Å². The molecule has 2 atom stereocenters. The molecule has 1 fully saturated rings. The van der Waals surface area contributed by atoms with Gasteiger partial charge in [0.15, 0.2) is 0 Å². The summed E-state index contributed by atoms with van der Waals surface area (Å²) in [5, 5.41) is 3.33. The maximum Gasteiger partial charge on any atom is 0.308 e. The molecule has 2 aliphatic heterocycles. The van der Waals surface area contributed by atoms with Gasteiger partial charge in [0.2, 0.25) is 11.8 Å². The highest BCUT2D eigenvalue weighted by Gasteiger charge is 2.49. The van der Waals surface area contributed by atoms with Gasteiger partial charge in [-0.2, -0.15) is 0 Å². The van der Waals surface area contributed by atoms with Crippen LogP contribution in [0.1, 0.15) is 68.9 Å². The lowest BCUT2D eigenvalue weighted by Crippen LogP contribution is -2.46. The van der Waals surface area contributed by atoms with E-state index in [0.717, 1.165) is 45.5 Å². The molecule has 2 heterocycles. The van der Waals surface area contributed by atoms with Crippen LogP contribution >= 0.6 is 23.2 Å². The third kappa shape index (κ3) is 5.39. The number of halogens is 2. The van der Waals surface area contributed by atoms with E-state index in [1.807, 2.05) is 48.5 Å². The zero-order chi connectivity index (χ0) is 33.7. The molecule has 0 N–H and O–H groups in total. The highest BCUT2D eigenvalue weighted by atomic mass is 35.5. The number of ether oxygens (including phenoxy) is 2. The number of hydrogen-bond acceptors (Lipinski definition) is 6. The highest BCUT2D eigenvalue weighted by molar-refractivity contribution is 6.20. The van der Waals surface area contributed by atoms with E-state index in [0.29, 0.717) is 60.6 Å². The molecule has 8 nitrogen and oxygen atoms in total. The first kappa shape index (κ1) is 32.4. The van der Waals surface area contributed by atoms with Gasteiger partial charge in [-0.05, 0) is 34.7 Å². The Hall–Kier alpha value is -4.14. The summed E-state index contributed by atoms with van der Waals surface area (Å²) in [4.78, 5) is 56.9. The summed E-state index contributed by atoms with van der Waals surface area (Å²) in [6.45, 7) is 3.45. The second-order valence-electron chi connectivity index (χ2n) is 13.2. The summed E-state index contributed by atoms with van der Waals surface area (Å²) in [6.07, 6.45) is 2.84. The van der Waals surface area contributed by atoms with Crippen LogP contribution in [-0.4, -0.2) is 48.6 Å². The molecule has 0 saturated heterocycles. The van der Waals surface area contributed by atoms with Crippen molar-refractivity contribution in [3.63, 3.8) is 0 Å². The van der Waals surface area contributed by atoms with Gasteiger partial charge >= 0.3 is 11.9 Å². The van der Waals surface area contributed by atoms with Gasteiger partial charge in [-0.15, -0.1) is 23.2 Å². The third-order valence-corrected chi connectivity index (χ3v) is 10.9. The molecule has 1 aliphatic carbocycles. The molecule has 4 aromatic carbocycles. The number of anilines is 2. The zero-order valence-corrected chi connectivity index (χ0v) is 28.4. The van der Waals surface area contributed by atoms with Gasteiger partial charge in [-0.3, -0.25) is 19.2 Å². The van der Waals surface area contributed by atoms with Gasteiger partial charge in [0.05, 0.1) is 16.8 Å². The minimum absolute atomic E-state index is 0.0256. The molecule has 10 heteroatoms. The second kappa shape index (κ2) is 12.7. The maximum absolute atomic E-state index is 14.9. The van der Waals surface area contributed by atoms with Crippen LogP contribution in [0, 0.1) is 5.41 Å². The van der Waals surface area contributed by atoms with Gasteiger partial charge < -0.3 is 19.3 Å². The van der Waals surface area contributed by atoms with E-state index in [4.69, 9.17) is 32.7 Å². The van der Waals surface area contributed by atoms with E-state index in [9.17, 15) is 19.2 Å². The topological polar surface area (TPSA) is 93.2 Å². The van der Waals surface area contributed by atoms with Crippen molar-refractivity contribution >= 4 is 79.9 Å². The normalized spacial score (nSPS) is 19.4. The van der Waals surface area contributed by atoms with Gasteiger partial charge in [0.25, 0.3) is 0 Å². The van der Waals surface area contributed by atoms with Gasteiger partial charge in [-0.25, -0.2) is 0 Å². The molecule has 48 heavy (non-hydrogen) atoms. The molecule has 0 aromatic heterocycles. The SMILES string of the molecule is CC(=O)Oc1cc2c(c3ccccc13)C(CCl)CN2C(=O)CC1(C(=O)N2C[C@@H](CCl)c3c2cc(OC(C)=O)c2ccccc32)CCCC1. The first-order valence-corrected chi connectivity index (χ1v) is 17.4. The van der Waals surface area contributed by atoms with Gasteiger partial charge in [0, 0.05) is 79.9 Å². The Morgan fingerprint density at radius 1 is 0.708 bits per heavy atom. The van der Waals surface area contributed by atoms with Gasteiger partial charge in [-0.1, -0.05) is 61.4 Å². The molecule has 7 rings (SSSR count). The number of carbonyl (C=O) groups is 4. The van der Waals surface area contributed by atoms with Crippen molar-refractivity contribution in [2.45, 2.75) is 57.8 Å². The molecule has 0 bridgehead atoms. The van der Waals surface area contributed by atoms with E-state index >= 15 is 0 Å². The first-order chi connectivity index (χ1) is 23.2. The number of nitrogens with zero attached hydrogens (tertiary/aromatic N) is 2. The van der Waals surface area contributed by atoms with Crippen molar-refractivity contribution in [2.75, 3.05) is 34.6 Å². The standard InChI is InChI=1S/C38H36Cl2N2O6/c1-22(43)47-32-15-30-35(28-11-5-3-9-26(28)32)24(18-39)20-41(30)34(45)17-38(13-7-8-14-38)37(46)42-21-25(19-40)36-29-12-6-4-10-27(29)33(16-31(36)42)48-23(2)44/h3-6,9-12,15-16,24-25H,7-8,13-14,17-21H2,1-2H3/t24?,25-/m1/s1. The predicted octanol–water partition coefficient (Wildman–Crippen LogP) is 7.83. The Morgan fingerprint density at radius 3 is 1.60 bits per heavy atom. The number of hydrogen-bond donors (Lipinski definition) is 0. The third-order valence-electron chi connectivity index (χ3n) is 10.2. The van der Waals surface area contributed by atoms with Crippen LogP contribution < -0.4 is 19.3 Å². The van der Waals surface area contributed by atoms with Crippen molar-refractivity contribution in [2.24, 2.45) is 5.41 Å². The zero-order valence-electron chi connectivity index (χ0n) is 26.9. The Kier molecular flexibility index (Phi) is 8.58. The van der Waals surface area contributed by atoms with Crippen LogP contribution in [0.5, 0.6) is 11.5 Å². The summed E-state index contributed by atoms with van der Waals surface area (Å²) < 4.78 is 11.3. The Morgan fingerprint density at radius 2 is 1.15 bits per heavy atom. The fraction of sp³-hybridized carbons (Fsp3) is 0.368. The number of amides is 2. The molecule has 1 unspecified atom stereocenters. The number of fused-ring (bicyclic) bond motifs is 6. The lowest BCUT2D eigenvalue weighted by molar-refractivity contribution is -0.133. The smallest absolute Gasteiger partial charge is 0.308 e. The fourth-order valence-corrected chi connectivity index (χ4v) is 8.68. The molecule has 2 amide bonds. The van der Waals surface area contributed by atoms with E-state index < -0.39 is 17.4 Å². The largest absolute Gasteiger partial charge is 0.426 e. The van der Waals surface area contributed by atoms with Crippen LogP contribution in [0.4, 0.5) is 11.4 Å². The van der Waals surface area contributed by atoms with Crippen molar-refractivity contribution in [3.05, 3.63) is 71.8 Å². The fourth-order valence-electron chi connectivity index (χ4n) is 8.17. The molecular weight excluding hydrogens is 651 g/mol. The summed E-state index contributed by atoms with van der Waals surface area (Å²) >= 11 is 13.0. The minimum atomic E-state index is -0.919. The molecule has 248 valence electrons. The monoisotopic (exact) mass is 686 g/mol. The first-order valence-electron chi connectivity index (χ1n) is 16.4. The predicted molar refractivity (Wildman–Crippen MR) is 188 cm³/mol. The van der Waals surface area contributed by atoms with Crippen LogP contribution in [-0.2, 0) is 19.2 Å². The van der Waals surface area contributed by atoms with Gasteiger partial charge in [0.1, 0.15) is 11.5 Å². The number of rotatable bonds is 7. The van der Waals surface area contributed by atoms with Crippen molar-refractivity contribution in [3.8, 4) is 11.5 Å². The Balaban J connectivity index is 1.27. The molecule has 4 aromatic rings. The molecule has 0 radical (unpaired) electrons. The van der Waals surface area contributed by atoms with Crippen molar-refractivity contribution in [1.29, 1.82) is 0 Å². The molecule has 3 aliphatic rings. The second-order valence-corrected chi connectivity index (χ2v) is 13.8. The van der Waals surface area contributed by atoms with E-state index in [-0.39, 0.29) is 30.1 Å². The van der Waals surface area contributed by atoms with E-state index in [1.54, 1.807) is 21.9 Å². The van der Waals surface area contributed by atoms with Crippen LogP contribution in [0.2, 0.25) is 0 Å². The average Bonchev–Trinajstić information content (AvgIpc) is 3.80. The quantitative estimate of drug-likeness (QED) is 0.112. The molecule has 1 saturated carbocycles. The number of alkyl halides is 2. The summed E-state index contributed by atoms with van der Waals surface area (Å²) in [5.74, 6) is -0.0530. The summed E-state index contributed by atoms with van der Waals surface area (Å²) in [7, 11) is 0. The summed E-state index contributed by atoms with van der Waals surface area (Å²) in [6, 6.07) is 18.9. The lowest BCUT2D eigenvalue weighted by Gasteiger charge is -2.34. The lowest BCUT2D eigenvalue weighted by atomic mass is 9.80. The molecule has 0 spiro atoms. The van der Waals surface area contributed by atoms with Crippen LogP contribution in [0.3, 0.4) is 0 Å². The highest BCUT2D eigenvalue weighted by Crippen LogP contribution is 2.52. The molecular formula is C38H36Cl2N2O6. The Labute approximate surface area is 288 Å². The average molecular weight is 688 g/mol. The van der Waals surface area contributed by atoms with Crippen molar-refractivity contribution < 1.29 is 28.7 Å².